The van der Waals surface area contributed by atoms with Crippen LogP contribution in [0.2, 0.25) is 0 Å². The van der Waals surface area contributed by atoms with Gasteiger partial charge in [-0.15, -0.1) is 0 Å². The third kappa shape index (κ3) is 8.16. The molecule has 1 amide bonds. The summed E-state index contributed by atoms with van der Waals surface area (Å²) < 4.78 is 0. The summed E-state index contributed by atoms with van der Waals surface area (Å²) in [5.74, 6) is -0.0367. The molecule has 4 nitrogen and oxygen atoms in total. The maximum Gasteiger partial charge on any atom is 0.240 e. The van der Waals surface area contributed by atoms with Crippen LogP contribution in [0.3, 0.4) is 0 Å². The summed E-state index contributed by atoms with van der Waals surface area (Å²) in [5, 5.41) is 4.37. The summed E-state index contributed by atoms with van der Waals surface area (Å²) in [6.07, 6.45) is 12.0. The number of carbonyl (C=O) groups is 1. The monoisotopic (exact) mass is 365 g/mol. The standard InChI is InChI=1S/C23H31N3O/c1-2-3-4-5-6-7-8-12-18-22(27)25-26-23(20-15-10-9-11-16-20)21-17-13-14-19-24-21/h9-11,13-17,19H,2-8,12,18H2,1H3,(H,25,27). The predicted octanol–water partition coefficient (Wildman–Crippen LogP) is 5.48. The quantitative estimate of drug-likeness (QED) is 0.307. The molecule has 27 heavy (non-hydrogen) atoms. The van der Waals surface area contributed by atoms with Crippen LogP contribution in [-0.4, -0.2) is 16.6 Å². The van der Waals surface area contributed by atoms with Crippen molar-refractivity contribution in [2.24, 2.45) is 5.10 Å². The van der Waals surface area contributed by atoms with Crippen LogP contribution in [0, 0.1) is 0 Å². The lowest BCUT2D eigenvalue weighted by Crippen LogP contribution is -2.20. The zero-order valence-corrected chi connectivity index (χ0v) is 16.4. The number of nitrogens with one attached hydrogen (secondary N) is 1. The summed E-state index contributed by atoms with van der Waals surface area (Å²) in [4.78, 5) is 16.5. The first-order valence-electron chi connectivity index (χ1n) is 10.1. The van der Waals surface area contributed by atoms with Crippen LogP contribution in [0.1, 0.15) is 76.0 Å². The predicted molar refractivity (Wildman–Crippen MR) is 112 cm³/mol. The zero-order valence-electron chi connectivity index (χ0n) is 16.4. The van der Waals surface area contributed by atoms with E-state index in [0.717, 1.165) is 24.1 Å². The molecule has 0 saturated carbocycles. The molecule has 0 atom stereocenters. The summed E-state index contributed by atoms with van der Waals surface area (Å²) in [7, 11) is 0. The van der Waals surface area contributed by atoms with E-state index in [1.807, 2.05) is 48.5 Å². The average molecular weight is 366 g/mol. The number of amides is 1. The van der Waals surface area contributed by atoms with E-state index in [9.17, 15) is 4.79 Å². The molecule has 1 heterocycles. The molecule has 2 rings (SSSR count). The largest absolute Gasteiger partial charge is 0.273 e. The van der Waals surface area contributed by atoms with Crippen molar-refractivity contribution in [3.05, 3.63) is 66.0 Å². The van der Waals surface area contributed by atoms with Crippen molar-refractivity contribution >= 4 is 11.6 Å². The van der Waals surface area contributed by atoms with Crippen molar-refractivity contribution in [3.8, 4) is 0 Å². The van der Waals surface area contributed by atoms with Crippen LogP contribution >= 0.6 is 0 Å². The van der Waals surface area contributed by atoms with Gasteiger partial charge in [-0.3, -0.25) is 9.78 Å². The van der Waals surface area contributed by atoms with Crippen molar-refractivity contribution in [1.82, 2.24) is 10.4 Å². The number of hydrazone groups is 1. The minimum absolute atomic E-state index is 0.0367. The van der Waals surface area contributed by atoms with E-state index in [1.54, 1.807) is 6.20 Å². The highest BCUT2D eigenvalue weighted by Crippen LogP contribution is 2.10. The lowest BCUT2D eigenvalue weighted by Gasteiger charge is -2.07. The highest BCUT2D eigenvalue weighted by molar-refractivity contribution is 6.11. The van der Waals surface area contributed by atoms with Crippen molar-refractivity contribution in [2.75, 3.05) is 0 Å². The lowest BCUT2D eigenvalue weighted by atomic mass is 10.1. The van der Waals surface area contributed by atoms with E-state index in [0.29, 0.717) is 12.1 Å². The number of hydrogen-bond acceptors (Lipinski definition) is 3. The van der Waals surface area contributed by atoms with Crippen LogP contribution in [0.15, 0.2) is 59.8 Å². The number of pyridine rings is 1. The van der Waals surface area contributed by atoms with Crippen molar-refractivity contribution < 1.29 is 4.79 Å². The van der Waals surface area contributed by atoms with E-state index in [4.69, 9.17) is 0 Å². The van der Waals surface area contributed by atoms with Gasteiger partial charge in [0.15, 0.2) is 0 Å². The molecule has 0 unspecified atom stereocenters. The number of rotatable bonds is 12. The second-order valence-electron chi connectivity index (χ2n) is 6.80. The molecule has 0 radical (unpaired) electrons. The van der Waals surface area contributed by atoms with Crippen molar-refractivity contribution in [1.29, 1.82) is 0 Å². The molecule has 0 aliphatic carbocycles. The Labute approximate surface area is 163 Å². The van der Waals surface area contributed by atoms with Gasteiger partial charge in [0.1, 0.15) is 5.71 Å². The summed E-state index contributed by atoms with van der Waals surface area (Å²) in [6.45, 7) is 2.23. The first-order chi connectivity index (χ1) is 13.3. The Morgan fingerprint density at radius 1 is 0.889 bits per heavy atom. The average Bonchev–Trinajstić information content (AvgIpc) is 2.72. The molecule has 0 bridgehead atoms. The molecular weight excluding hydrogens is 334 g/mol. The van der Waals surface area contributed by atoms with Crippen molar-refractivity contribution in [2.45, 2.75) is 64.7 Å². The fourth-order valence-corrected chi connectivity index (χ4v) is 2.96. The van der Waals surface area contributed by atoms with Gasteiger partial charge in [-0.1, -0.05) is 88.3 Å². The molecular formula is C23H31N3O. The van der Waals surface area contributed by atoms with E-state index < -0.39 is 0 Å². The van der Waals surface area contributed by atoms with E-state index in [-0.39, 0.29) is 5.91 Å². The van der Waals surface area contributed by atoms with Gasteiger partial charge in [0.05, 0.1) is 5.69 Å². The Morgan fingerprint density at radius 2 is 1.56 bits per heavy atom. The Balaban J connectivity index is 1.81. The topological polar surface area (TPSA) is 54.4 Å². The Hall–Kier alpha value is -2.49. The summed E-state index contributed by atoms with van der Waals surface area (Å²) >= 11 is 0. The first-order valence-corrected chi connectivity index (χ1v) is 10.1. The fourth-order valence-electron chi connectivity index (χ4n) is 2.96. The number of benzene rings is 1. The van der Waals surface area contributed by atoms with Gasteiger partial charge in [-0.2, -0.15) is 5.10 Å². The Kier molecular flexibility index (Phi) is 9.87. The van der Waals surface area contributed by atoms with E-state index >= 15 is 0 Å². The molecule has 2 aromatic rings. The molecule has 1 aromatic carbocycles. The van der Waals surface area contributed by atoms with Gasteiger partial charge < -0.3 is 0 Å². The Morgan fingerprint density at radius 3 is 2.22 bits per heavy atom. The molecule has 0 fully saturated rings. The molecule has 1 aromatic heterocycles. The molecule has 4 heteroatoms. The summed E-state index contributed by atoms with van der Waals surface area (Å²) in [5.41, 5.74) is 5.07. The number of unbranched alkanes of at least 4 members (excludes halogenated alkanes) is 7. The minimum Gasteiger partial charge on any atom is -0.273 e. The highest BCUT2D eigenvalue weighted by Gasteiger charge is 2.09. The van der Waals surface area contributed by atoms with Crippen LogP contribution in [0.5, 0.6) is 0 Å². The highest BCUT2D eigenvalue weighted by atomic mass is 16.2. The van der Waals surface area contributed by atoms with Crippen molar-refractivity contribution in [3.63, 3.8) is 0 Å². The molecule has 0 spiro atoms. The zero-order chi connectivity index (χ0) is 19.2. The molecule has 0 saturated heterocycles. The molecule has 0 aliphatic rings. The molecule has 0 aliphatic heterocycles. The van der Waals surface area contributed by atoms with Gasteiger partial charge in [0.25, 0.3) is 0 Å². The van der Waals surface area contributed by atoms with Crippen LogP contribution in [-0.2, 0) is 4.79 Å². The van der Waals surface area contributed by atoms with Gasteiger partial charge in [-0.05, 0) is 18.6 Å². The number of hydrogen-bond donors (Lipinski definition) is 1. The molecule has 144 valence electrons. The smallest absolute Gasteiger partial charge is 0.240 e. The van der Waals surface area contributed by atoms with Gasteiger partial charge in [0.2, 0.25) is 5.91 Å². The number of aromatic nitrogens is 1. The maximum absolute atomic E-state index is 12.1. The second-order valence-corrected chi connectivity index (χ2v) is 6.80. The normalized spacial score (nSPS) is 11.4. The maximum atomic E-state index is 12.1. The van der Waals surface area contributed by atoms with Gasteiger partial charge >= 0.3 is 0 Å². The van der Waals surface area contributed by atoms with E-state index in [1.165, 1.54) is 38.5 Å². The minimum atomic E-state index is -0.0367. The number of carbonyl (C=O) groups excluding carboxylic acids is 1. The van der Waals surface area contributed by atoms with E-state index in [2.05, 4.69) is 22.4 Å². The van der Waals surface area contributed by atoms with Crippen LogP contribution in [0.4, 0.5) is 0 Å². The third-order valence-corrected chi connectivity index (χ3v) is 4.50. The SMILES string of the molecule is CCCCCCCCCCC(=O)NN=C(c1ccccc1)c1ccccn1. The van der Waals surface area contributed by atoms with Crippen LogP contribution < -0.4 is 5.43 Å². The van der Waals surface area contributed by atoms with Crippen LogP contribution in [0.25, 0.3) is 0 Å². The number of nitrogens with zero attached hydrogens (tertiary/aromatic N) is 2. The molecule has 1 N–H and O–H groups in total. The lowest BCUT2D eigenvalue weighted by molar-refractivity contribution is -0.121. The van der Waals surface area contributed by atoms with Gasteiger partial charge in [0, 0.05) is 18.2 Å². The first kappa shape index (κ1) is 20.8. The Bertz CT molecular complexity index is 642. The third-order valence-electron chi connectivity index (χ3n) is 4.50. The van der Waals surface area contributed by atoms with Gasteiger partial charge in [-0.25, -0.2) is 5.43 Å². The second kappa shape index (κ2) is 12.8. The fraction of sp³-hybridized carbons (Fsp3) is 0.435. The summed E-state index contributed by atoms with van der Waals surface area (Å²) in [6, 6.07) is 15.5.